The van der Waals surface area contributed by atoms with Crippen LogP contribution in [0.3, 0.4) is 0 Å². The van der Waals surface area contributed by atoms with E-state index in [1.165, 1.54) is 12.1 Å². The molecule has 0 saturated heterocycles. The summed E-state index contributed by atoms with van der Waals surface area (Å²) in [6, 6.07) is 3.60. The SMILES string of the molecule is CON(C(=O)Nc1ccccc1C(F)(F)F)C(Cl)C(Br)(Br)Br. The van der Waals surface area contributed by atoms with Gasteiger partial charge in [-0.15, -0.1) is 0 Å². The fourth-order valence-electron chi connectivity index (χ4n) is 1.42. The van der Waals surface area contributed by atoms with Crippen LogP contribution >= 0.6 is 59.4 Å². The van der Waals surface area contributed by atoms with Gasteiger partial charge in [-0.05, 0) is 12.1 Å². The molecule has 1 N–H and O–H groups in total. The van der Waals surface area contributed by atoms with Crippen LogP contribution in [-0.2, 0) is 11.0 Å². The normalized spacial score (nSPS) is 13.6. The van der Waals surface area contributed by atoms with Gasteiger partial charge in [0.2, 0.25) is 0 Å². The third kappa shape index (κ3) is 5.26. The number of urea groups is 1. The number of para-hydroxylation sites is 1. The number of halogens is 7. The highest BCUT2D eigenvalue weighted by molar-refractivity contribution is 9.39. The number of alkyl halides is 7. The van der Waals surface area contributed by atoms with Gasteiger partial charge in [-0.1, -0.05) is 71.5 Å². The first kappa shape index (κ1) is 20.0. The minimum absolute atomic E-state index is 0.407. The van der Waals surface area contributed by atoms with Crippen molar-refractivity contribution in [2.75, 3.05) is 12.4 Å². The van der Waals surface area contributed by atoms with E-state index in [1.807, 2.05) is 0 Å². The van der Waals surface area contributed by atoms with Crippen LogP contribution in [0.1, 0.15) is 5.56 Å². The fraction of sp³-hybridized carbons (Fsp3) is 0.364. The molecule has 1 unspecified atom stereocenters. The number of carbonyl (C=O) groups excluding carboxylic acids is 1. The highest BCUT2D eigenvalue weighted by atomic mass is 80.0. The third-order valence-corrected chi connectivity index (χ3v) is 4.94. The highest BCUT2D eigenvalue weighted by Crippen LogP contribution is 2.42. The molecule has 0 aromatic heterocycles. The molecule has 11 heteroatoms. The quantitative estimate of drug-likeness (QED) is 0.317. The van der Waals surface area contributed by atoms with Crippen LogP contribution in [0.15, 0.2) is 24.3 Å². The maximum atomic E-state index is 12.9. The molecule has 0 aliphatic carbocycles. The number of benzene rings is 1. The lowest BCUT2D eigenvalue weighted by molar-refractivity contribution is -0.137. The second kappa shape index (κ2) is 7.69. The topological polar surface area (TPSA) is 41.6 Å². The molecule has 1 aromatic carbocycles. The van der Waals surface area contributed by atoms with Crippen molar-refractivity contribution in [2.45, 2.75) is 13.8 Å². The van der Waals surface area contributed by atoms with Crippen molar-refractivity contribution in [3.8, 4) is 0 Å². The number of amides is 2. The Labute approximate surface area is 154 Å². The average Bonchev–Trinajstić information content (AvgIpc) is 2.37. The summed E-state index contributed by atoms with van der Waals surface area (Å²) in [5.41, 5.74) is -2.50. The number of hydrogen-bond donors (Lipinski definition) is 1. The largest absolute Gasteiger partial charge is 0.418 e. The number of nitrogens with one attached hydrogen (secondary N) is 1. The average molecular weight is 533 g/mol. The maximum absolute atomic E-state index is 12.9. The van der Waals surface area contributed by atoms with Crippen LogP contribution in [0.25, 0.3) is 0 Å². The van der Waals surface area contributed by atoms with Crippen LogP contribution < -0.4 is 5.32 Å². The molecular formula is C11H9Br3ClF3N2O2. The molecule has 124 valence electrons. The zero-order valence-corrected chi connectivity index (χ0v) is 16.3. The zero-order chi connectivity index (χ0) is 17.1. The van der Waals surface area contributed by atoms with Gasteiger partial charge < -0.3 is 5.32 Å². The number of anilines is 1. The minimum atomic E-state index is -4.60. The monoisotopic (exact) mass is 530 g/mol. The Morgan fingerprint density at radius 1 is 1.32 bits per heavy atom. The number of hydrogen-bond acceptors (Lipinski definition) is 2. The summed E-state index contributed by atoms with van der Waals surface area (Å²) < 4.78 is 37.6. The van der Waals surface area contributed by atoms with Crippen molar-refractivity contribution in [3.63, 3.8) is 0 Å². The van der Waals surface area contributed by atoms with Gasteiger partial charge in [-0.3, -0.25) is 4.84 Å². The van der Waals surface area contributed by atoms with Gasteiger partial charge in [0.05, 0.1) is 18.4 Å². The predicted octanol–water partition coefficient (Wildman–Crippen LogP) is 5.50. The Hall–Kier alpha value is -0.0300. The molecule has 0 bridgehead atoms. The van der Waals surface area contributed by atoms with Gasteiger partial charge in [-0.25, -0.2) is 4.79 Å². The first-order valence-corrected chi connectivity index (χ1v) is 8.31. The molecule has 22 heavy (non-hydrogen) atoms. The van der Waals surface area contributed by atoms with Crippen LogP contribution in [-0.4, -0.2) is 25.8 Å². The van der Waals surface area contributed by atoms with E-state index in [2.05, 4.69) is 53.1 Å². The Bertz CT molecular complexity index is 540. The van der Waals surface area contributed by atoms with E-state index in [-0.39, 0.29) is 0 Å². The molecular weight excluding hydrogens is 524 g/mol. The predicted molar refractivity (Wildman–Crippen MR) is 88.5 cm³/mol. The summed E-state index contributed by atoms with van der Waals surface area (Å²) in [6.07, 6.45) is -4.60. The van der Waals surface area contributed by atoms with E-state index >= 15 is 0 Å². The molecule has 1 rings (SSSR count). The van der Waals surface area contributed by atoms with E-state index in [0.29, 0.717) is 5.06 Å². The van der Waals surface area contributed by atoms with Crippen molar-refractivity contribution in [3.05, 3.63) is 29.8 Å². The van der Waals surface area contributed by atoms with Gasteiger partial charge in [-0.2, -0.15) is 18.2 Å². The van der Waals surface area contributed by atoms with Gasteiger partial charge in [0.25, 0.3) is 0 Å². The smallest absolute Gasteiger partial charge is 0.305 e. The van der Waals surface area contributed by atoms with Crippen LogP contribution in [0.2, 0.25) is 0 Å². The van der Waals surface area contributed by atoms with Gasteiger partial charge >= 0.3 is 12.2 Å². The third-order valence-electron chi connectivity index (χ3n) is 2.35. The Morgan fingerprint density at radius 3 is 2.32 bits per heavy atom. The Kier molecular flexibility index (Phi) is 7.00. The van der Waals surface area contributed by atoms with Crippen molar-refractivity contribution in [1.29, 1.82) is 0 Å². The van der Waals surface area contributed by atoms with E-state index < -0.39 is 31.1 Å². The van der Waals surface area contributed by atoms with Crippen LogP contribution in [0, 0.1) is 0 Å². The van der Waals surface area contributed by atoms with Crippen molar-refractivity contribution >= 4 is 71.1 Å². The van der Waals surface area contributed by atoms with Crippen molar-refractivity contribution in [1.82, 2.24) is 5.06 Å². The summed E-state index contributed by atoms with van der Waals surface area (Å²) in [5, 5.41) is 2.78. The summed E-state index contributed by atoms with van der Waals surface area (Å²) in [5.74, 6) is 0. The molecule has 1 aromatic rings. The summed E-state index contributed by atoms with van der Waals surface area (Å²) in [6.45, 7) is 0. The number of rotatable bonds is 3. The fourth-order valence-corrected chi connectivity index (χ4v) is 2.15. The molecule has 4 nitrogen and oxygen atoms in total. The van der Waals surface area contributed by atoms with E-state index in [4.69, 9.17) is 16.4 Å². The highest BCUT2D eigenvalue weighted by Gasteiger charge is 2.39. The number of nitrogens with zero attached hydrogens (tertiary/aromatic N) is 1. The van der Waals surface area contributed by atoms with Crippen LogP contribution in [0.4, 0.5) is 23.7 Å². The lowest BCUT2D eigenvalue weighted by atomic mass is 10.1. The van der Waals surface area contributed by atoms with Gasteiger partial charge in [0.15, 0.2) is 7.64 Å². The summed E-state index contributed by atoms with van der Waals surface area (Å²) in [4.78, 5) is 16.9. The first-order valence-electron chi connectivity index (χ1n) is 5.49. The number of carbonyl (C=O) groups is 1. The lowest BCUT2D eigenvalue weighted by Crippen LogP contribution is -2.45. The molecule has 0 aliphatic rings. The molecule has 0 radical (unpaired) electrons. The number of hydroxylamine groups is 2. The summed E-state index contributed by atoms with van der Waals surface area (Å²) in [7, 11) is 1.16. The maximum Gasteiger partial charge on any atom is 0.418 e. The van der Waals surface area contributed by atoms with Gasteiger partial charge in [0, 0.05) is 0 Å². The second-order valence-corrected chi connectivity index (χ2v) is 11.2. The molecule has 1 atom stereocenters. The second-order valence-electron chi connectivity index (χ2n) is 3.86. The van der Waals surface area contributed by atoms with E-state index in [9.17, 15) is 18.0 Å². The Balaban J connectivity index is 3.02. The van der Waals surface area contributed by atoms with E-state index in [1.54, 1.807) is 0 Å². The molecule has 0 heterocycles. The Morgan fingerprint density at radius 2 is 1.86 bits per heavy atom. The summed E-state index contributed by atoms with van der Waals surface area (Å²) >= 11 is 15.3. The standard InChI is InChI=1S/C11H9Br3ClF3N2O2/c1-22-20(8(15)10(12,13)14)9(21)19-7-5-3-2-4-6(7)11(16,17)18/h2-5,8H,1H3,(H,19,21). The van der Waals surface area contributed by atoms with Crippen molar-refractivity contribution < 1.29 is 22.8 Å². The first-order chi connectivity index (χ1) is 9.98. The zero-order valence-electron chi connectivity index (χ0n) is 10.8. The van der Waals surface area contributed by atoms with Gasteiger partial charge in [0.1, 0.15) is 0 Å². The molecule has 0 spiro atoms. The minimum Gasteiger partial charge on any atom is -0.305 e. The molecule has 0 saturated carbocycles. The lowest BCUT2D eigenvalue weighted by Gasteiger charge is -2.30. The van der Waals surface area contributed by atoms with Crippen LogP contribution in [0.5, 0.6) is 0 Å². The molecule has 2 amide bonds. The molecule has 0 fully saturated rings. The molecule has 0 aliphatic heterocycles. The van der Waals surface area contributed by atoms with Crippen molar-refractivity contribution in [2.24, 2.45) is 0 Å². The van der Waals surface area contributed by atoms with E-state index in [0.717, 1.165) is 19.2 Å².